The van der Waals surface area contributed by atoms with Gasteiger partial charge < -0.3 is 10.0 Å². The minimum absolute atomic E-state index is 0.462. The Hall–Kier alpha value is -1.16. The fourth-order valence-electron chi connectivity index (χ4n) is 2.36. The van der Waals surface area contributed by atoms with Gasteiger partial charge in [0.25, 0.3) is 0 Å². The average molecular weight is 279 g/mol. The number of hydrogen-bond acceptors (Lipinski definition) is 3. The van der Waals surface area contributed by atoms with Crippen molar-refractivity contribution in [1.29, 1.82) is 0 Å². The van der Waals surface area contributed by atoms with Gasteiger partial charge in [-0.05, 0) is 43.6 Å². The topological polar surface area (TPSA) is 40.5 Å². The smallest absolute Gasteiger partial charge is 0.338 e. The molecular weight excluding hydrogens is 258 g/mol. The molecule has 0 unspecified atom stereocenters. The van der Waals surface area contributed by atoms with E-state index >= 15 is 0 Å². The fraction of sp³-hybridized carbons (Fsp3) is 0.533. The molecule has 0 spiro atoms. The highest BCUT2D eigenvalue weighted by molar-refractivity contribution is 7.98. The summed E-state index contributed by atoms with van der Waals surface area (Å²) in [5.74, 6) is -0.0667. The third-order valence-electron chi connectivity index (χ3n) is 3.45. The van der Waals surface area contributed by atoms with Crippen LogP contribution in [0.3, 0.4) is 0 Å². The van der Waals surface area contributed by atoms with Gasteiger partial charge in [-0.3, -0.25) is 0 Å². The second kappa shape index (κ2) is 6.33. The second-order valence-corrected chi connectivity index (χ2v) is 5.90. The molecule has 19 heavy (non-hydrogen) atoms. The van der Waals surface area contributed by atoms with E-state index in [9.17, 15) is 9.90 Å². The highest BCUT2D eigenvalue weighted by Crippen LogP contribution is 2.35. The number of benzene rings is 1. The van der Waals surface area contributed by atoms with E-state index in [0.717, 1.165) is 36.0 Å². The molecule has 1 aliphatic carbocycles. The van der Waals surface area contributed by atoms with Crippen LogP contribution in [0.25, 0.3) is 0 Å². The van der Waals surface area contributed by atoms with Crippen LogP contribution in [0.15, 0.2) is 23.1 Å². The maximum Gasteiger partial charge on any atom is 0.338 e. The maximum atomic E-state index is 11.6. The molecule has 0 bridgehead atoms. The Bertz CT molecular complexity index is 457. The summed E-state index contributed by atoms with van der Waals surface area (Å²) in [5, 5.41) is 9.50. The summed E-state index contributed by atoms with van der Waals surface area (Å²) < 4.78 is 0. The van der Waals surface area contributed by atoms with Crippen LogP contribution in [0.2, 0.25) is 0 Å². The number of anilines is 1. The first-order valence-corrected chi connectivity index (χ1v) is 8.05. The van der Waals surface area contributed by atoms with Crippen LogP contribution in [0, 0.1) is 5.92 Å². The van der Waals surface area contributed by atoms with Gasteiger partial charge in [0.1, 0.15) is 0 Å². The summed E-state index contributed by atoms with van der Waals surface area (Å²) in [5.41, 5.74) is 1.34. The van der Waals surface area contributed by atoms with E-state index in [0.29, 0.717) is 5.56 Å². The van der Waals surface area contributed by atoms with Crippen LogP contribution in [0.1, 0.15) is 36.5 Å². The molecule has 1 saturated carbocycles. The Morgan fingerprint density at radius 2 is 2.21 bits per heavy atom. The van der Waals surface area contributed by atoms with Gasteiger partial charge in [-0.1, -0.05) is 13.0 Å². The van der Waals surface area contributed by atoms with Crippen molar-refractivity contribution in [3.8, 4) is 0 Å². The van der Waals surface area contributed by atoms with E-state index in [1.54, 1.807) is 0 Å². The van der Waals surface area contributed by atoms with Crippen molar-refractivity contribution in [2.45, 2.75) is 31.1 Å². The summed E-state index contributed by atoms with van der Waals surface area (Å²) in [7, 11) is 0. The Balaban J connectivity index is 2.35. The minimum atomic E-state index is -0.822. The molecule has 0 atom stereocenters. The van der Waals surface area contributed by atoms with Crippen LogP contribution < -0.4 is 4.90 Å². The maximum absolute atomic E-state index is 11.6. The first kappa shape index (κ1) is 14.3. The molecule has 0 aliphatic heterocycles. The van der Waals surface area contributed by atoms with Crippen molar-refractivity contribution in [3.05, 3.63) is 23.8 Å². The largest absolute Gasteiger partial charge is 0.478 e. The van der Waals surface area contributed by atoms with Crippen LogP contribution in [0.5, 0.6) is 0 Å². The Labute approximate surface area is 119 Å². The molecule has 0 amide bonds. The quantitative estimate of drug-likeness (QED) is 0.772. The van der Waals surface area contributed by atoms with E-state index in [4.69, 9.17) is 0 Å². The first-order chi connectivity index (χ1) is 9.17. The summed E-state index contributed by atoms with van der Waals surface area (Å²) >= 11 is 1.50. The standard InChI is InChI=1S/C15H21NO2S/c1-3-9-16(10-11-7-8-11)12-5-4-6-13(19-2)14(12)15(17)18/h4-6,11H,3,7-10H2,1-2H3,(H,17,18). The second-order valence-electron chi connectivity index (χ2n) is 5.05. The van der Waals surface area contributed by atoms with Crippen LogP contribution in [0.4, 0.5) is 5.69 Å². The third kappa shape index (κ3) is 3.44. The number of rotatable bonds is 7. The number of hydrogen-bond donors (Lipinski definition) is 1. The molecule has 3 nitrogen and oxygen atoms in total. The molecule has 1 aliphatic rings. The van der Waals surface area contributed by atoms with E-state index in [1.807, 2.05) is 24.5 Å². The van der Waals surface area contributed by atoms with Crippen molar-refractivity contribution in [1.82, 2.24) is 0 Å². The van der Waals surface area contributed by atoms with Gasteiger partial charge in [0.2, 0.25) is 0 Å². The Morgan fingerprint density at radius 3 is 2.74 bits per heavy atom. The van der Waals surface area contributed by atoms with Crippen LogP contribution >= 0.6 is 11.8 Å². The molecule has 0 heterocycles. The highest BCUT2D eigenvalue weighted by Gasteiger charge is 2.26. The average Bonchev–Trinajstić information content (AvgIpc) is 3.21. The molecule has 0 aromatic heterocycles. The summed E-state index contributed by atoms with van der Waals surface area (Å²) in [6.07, 6.45) is 5.53. The molecule has 0 saturated heterocycles. The Morgan fingerprint density at radius 1 is 1.47 bits per heavy atom. The van der Waals surface area contributed by atoms with Gasteiger partial charge in [-0.2, -0.15) is 0 Å². The lowest BCUT2D eigenvalue weighted by molar-refractivity contribution is 0.0694. The molecule has 1 N–H and O–H groups in total. The molecular formula is C15H21NO2S. The predicted octanol–water partition coefficient (Wildman–Crippen LogP) is 3.73. The minimum Gasteiger partial charge on any atom is -0.478 e. The molecule has 0 radical (unpaired) electrons. The zero-order valence-corrected chi connectivity index (χ0v) is 12.4. The number of thioether (sulfide) groups is 1. The zero-order valence-electron chi connectivity index (χ0n) is 11.6. The van der Waals surface area contributed by atoms with E-state index in [1.165, 1.54) is 24.6 Å². The van der Waals surface area contributed by atoms with Crippen molar-refractivity contribution < 1.29 is 9.90 Å². The number of carboxylic acid groups (broad SMARTS) is 1. The van der Waals surface area contributed by atoms with Crippen molar-refractivity contribution >= 4 is 23.4 Å². The summed E-state index contributed by atoms with van der Waals surface area (Å²) in [4.78, 5) is 14.7. The van der Waals surface area contributed by atoms with Crippen molar-refractivity contribution in [2.24, 2.45) is 5.92 Å². The lowest BCUT2D eigenvalue weighted by Gasteiger charge is -2.26. The van der Waals surface area contributed by atoms with Gasteiger partial charge in [-0.15, -0.1) is 11.8 Å². The van der Waals surface area contributed by atoms with Crippen LogP contribution in [-0.4, -0.2) is 30.4 Å². The molecule has 2 rings (SSSR count). The molecule has 4 heteroatoms. The van der Waals surface area contributed by atoms with Gasteiger partial charge in [0.05, 0.1) is 11.3 Å². The van der Waals surface area contributed by atoms with E-state index in [-0.39, 0.29) is 0 Å². The predicted molar refractivity (Wildman–Crippen MR) is 80.4 cm³/mol. The molecule has 1 aromatic rings. The molecule has 1 aromatic carbocycles. The molecule has 104 valence electrons. The fourth-order valence-corrected chi connectivity index (χ4v) is 2.97. The Kier molecular flexibility index (Phi) is 4.75. The van der Waals surface area contributed by atoms with Gasteiger partial charge >= 0.3 is 5.97 Å². The number of carboxylic acids is 1. The highest BCUT2D eigenvalue weighted by atomic mass is 32.2. The number of nitrogens with zero attached hydrogens (tertiary/aromatic N) is 1. The van der Waals surface area contributed by atoms with E-state index in [2.05, 4.69) is 11.8 Å². The lowest BCUT2D eigenvalue weighted by atomic mass is 10.1. The van der Waals surface area contributed by atoms with Crippen molar-refractivity contribution in [3.63, 3.8) is 0 Å². The van der Waals surface area contributed by atoms with Crippen molar-refractivity contribution in [2.75, 3.05) is 24.2 Å². The first-order valence-electron chi connectivity index (χ1n) is 6.82. The zero-order chi connectivity index (χ0) is 13.8. The SMILES string of the molecule is CCCN(CC1CC1)c1cccc(SC)c1C(=O)O. The third-order valence-corrected chi connectivity index (χ3v) is 4.23. The summed E-state index contributed by atoms with van der Waals surface area (Å²) in [6, 6.07) is 5.79. The van der Waals surface area contributed by atoms with Crippen LogP contribution in [-0.2, 0) is 0 Å². The monoisotopic (exact) mass is 279 g/mol. The number of aromatic carboxylic acids is 1. The van der Waals surface area contributed by atoms with Gasteiger partial charge in [-0.25, -0.2) is 4.79 Å². The normalized spacial score (nSPS) is 14.4. The summed E-state index contributed by atoms with van der Waals surface area (Å²) in [6.45, 7) is 4.05. The van der Waals surface area contributed by atoms with Gasteiger partial charge in [0, 0.05) is 18.0 Å². The molecule has 1 fully saturated rings. The lowest BCUT2D eigenvalue weighted by Crippen LogP contribution is -2.28. The van der Waals surface area contributed by atoms with Gasteiger partial charge in [0.15, 0.2) is 0 Å². The van der Waals surface area contributed by atoms with E-state index < -0.39 is 5.97 Å². The number of carbonyl (C=O) groups is 1.